The van der Waals surface area contributed by atoms with Crippen molar-refractivity contribution in [2.45, 2.75) is 302 Å². The van der Waals surface area contributed by atoms with Gasteiger partial charge >= 0.3 is 23.9 Å². The molecule has 1 fully saturated rings. The standard InChI is InChI=1S/C71H116O12/c1-4-7-10-13-16-19-22-25-28-30-32-34-37-39-42-45-48-51-54-57-63(72)79-60-62(81-64(73)58-55-52-49-46-43-40-36-27-24-21-18-15-12-9-6-3)61-80-71-69(67(76)66(75)68(83-71)70(77)78)82-65(74)59-56-53-50-47-44-41-38-35-33-31-29-26-23-20-17-14-11-8-5-2/h8,11,16-17,19-20,25-26,28-29,32-35,41,44,50,53,62,66-69,71,75-76H,4-7,9-10,12-15,18,21-24,27,30-31,36-40,42-43,45-49,51-52,54-61H2,1-3H3,(H,77,78)/b11-8-,19-16-,20-17-,28-25-,29-26-,34-32-,35-33-,44-41-,53-50-. The Kier molecular flexibility index (Phi) is 53.2. The highest BCUT2D eigenvalue weighted by molar-refractivity contribution is 5.74. The summed E-state index contributed by atoms with van der Waals surface area (Å²) in [5.74, 6) is -3.24. The van der Waals surface area contributed by atoms with Gasteiger partial charge in [0, 0.05) is 19.3 Å². The van der Waals surface area contributed by atoms with E-state index < -0.39 is 67.3 Å². The molecule has 6 atom stereocenters. The van der Waals surface area contributed by atoms with E-state index in [9.17, 15) is 34.5 Å². The first kappa shape index (κ1) is 76.4. The lowest BCUT2D eigenvalue weighted by Gasteiger charge is -2.40. The quantitative estimate of drug-likeness (QED) is 0.0228. The Morgan fingerprint density at radius 1 is 0.410 bits per heavy atom. The molecular formula is C71H116O12. The minimum atomic E-state index is -1.93. The lowest BCUT2D eigenvalue weighted by atomic mass is 9.98. The number of ether oxygens (including phenoxy) is 5. The van der Waals surface area contributed by atoms with Gasteiger partial charge in [-0.3, -0.25) is 14.4 Å². The van der Waals surface area contributed by atoms with Crippen LogP contribution in [0.15, 0.2) is 109 Å². The zero-order valence-corrected chi connectivity index (χ0v) is 52.2. The lowest BCUT2D eigenvalue weighted by molar-refractivity contribution is -0.301. The number of rotatable bonds is 55. The van der Waals surface area contributed by atoms with Crippen LogP contribution in [0, 0.1) is 0 Å². The van der Waals surface area contributed by atoms with Crippen molar-refractivity contribution < 1.29 is 58.2 Å². The largest absolute Gasteiger partial charge is 0.479 e. The molecule has 1 heterocycles. The number of allylic oxidation sites excluding steroid dienone is 18. The van der Waals surface area contributed by atoms with Crippen LogP contribution in [0.25, 0.3) is 0 Å². The fourth-order valence-electron chi connectivity index (χ4n) is 9.34. The molecule has 0 radical (unpaired) electrons. The summed E-state index contributed by atoms with van der Waals surface area (Å²) in [6.07, 6.45) is 66.2. The zero-order chi connectivity index (χ0) is 60.3. The Hall–Kier alpha value is -4.62. The van der Waals surface area contributed by atoms with E-state index in [0.717, 1.165) is 103 Å². The molecule has 0 amide bonds. The van der Waals surface area contributed by atoms with Crippen LogP contribution in [0.4, 0.5) is 0 Å². The SMILES string of the molecule is CC/C=C\C/C=C\C/C=C\C/C=C\C/C=C\C/C=C\CCC(=O)OC1C(OCC(COC(=O)CCCCCCCC/C=C\C/C=C\C/C=C\CCCCC)OC(=O)CCCCCCCCCCCCCCCCC)OC(C(=O)O)C(O)C1O. The maximum atomic E-state index is 13.2. The Labute approximate surface area is 504 Å². The second kappa shape index (κ2) is 57.8. The van der Waals surface area contributed by atoms with E-state index in [4.69, 9.17) is 23.7 Å². The summed E-state index contributed by atoms with van der Waals surface area (Å²) in [5, 5.41) is 31.6. The second-order valence-electron chi connectivity index (χ2n) is 22.0. The van der Waals surface area contributed by atoms with E-state index in [2.05, 4.69) is 112 Å². The molecule has 0 aromatic heterocycles. The first-order chi connectivity index (χ1) is 40.6. The highest BCUT2D eigenvalue weighted by Crippen LogP contribution is 2.26. The molecule has 12 heteroatoms. The van der Waals surface area contributed by atoms with Gasteiger partial charge in [0.05, 0.1) is 6.61 Å². The van der Waals surface area contributed by atoms with Crippen molar-refractivity contribution in [2.75, 3.05) is 13.2 Å². The Morgan fingerprint density at radius 3 is 1.23 bits per heavy atom. The fraction of sp³-hybridized carbons (Fsp3) is 0.690. The predicted octanol–water partition coefficient (Wildman–Crippen LogP) is 17.8. The molecule has 0 aliphatic carbocycles. The lowest BCUT2D eigenvalue weighted by Crippen LogP contribution is -2.61. The molecule has 1 aliphatic rings. The number of aliphatic hydroxyl groups is 2. The van der Waals surface area contributed by atoms with Crippen molar-refractivity contribution in [1.82, 2.24) is 0 Å². The van der Waals surface area contributed by atoms with Gasteiger partial charge in [-0.25, -0.2) is 4.79 Å². The van der Waals surface area contributed by atoms with Crippen LogP contribution in [-0.4, -0.2) is 89.2 Å². The molecule has 1 aliphatic heterocycles. The second-order valence-corrected chi connectivity index (χ2v) is 22.0. The van der Waals surface area contributed by atoms with Crippen molar-refractivity contribution in [3.8, 4) is 0 Å². The average Bonchev–Trinajstić information content (AvgIpc) is 3.60. The highest BCUT2D eigenvalue weighted by Gasteiger charge is 2.50. The number of carboxylic acids is 1. The molecule has 472 valence electrons. The van der Waals surface area contributed by atoms with Gasteiger partial charge in [0.1, 0.15) is 18.8 Å². The number of carbonyl (C=O) groups is 4. The fourth-order valence-corrected chi connectivity index (χ4v) is 9.34. The maximum Gasteiger partial charge on any atom is 0.335 e. The number of aliphatic carboxylic acids is 1. The molecule has 0 spiro atoms. The summed E-state index contributed by atoms with van der Waals surface area (Å²) in [4.78, 5) is 51.3. The summed E-state index contributed by atoms with van der Waals surface area (Å²) >= 11 is 0. The van der Waals surface area contributed by atoms with Crippen molar-refractivity contribution in [3.63, 3.8) is 0 Å². The summed E-state index contributed by atoms with van der Waals surface area (Å²) < 4.78 is 28.4. The van der Waals surface area contributed by atoms with Crippen molar-refractivity contribution in [3.05, 3.63) is 109 Å². The topological polar surface area (TPSA) is 175 Å². The number of carboxylic acid groups (broad SMARTS) is 1. The van der Waals surface area contributed by atoms with Crippen LogP contribution in [0.3, 0.4) is 0 Å². The Morgan fingerprint density at radius 2 is 0.783 bits per heavy atom. The van der Waals surface area contributed by atoms with Gasteiger partial charge < -0.3 is 39.0 Å². The third-order valence-corrected chi connectivity index (χ3v) is 14.3. The number of esters is 3. The minimum absolute atomic E-state index is 0.0695. The Balaban J connectivity index is 2.71. The van der Waals surface area contributed by atoms with Gasteiger partial charge in [-0.05, 0) is 96.3 Å². The van der Waals surface area contributed by atoms with E-state index >= 15 is 0 Å². The van der Waals surface area contributed by atoms with E-state index in [-0.39, 0.29) is 25.9 Å². The molecular weight excluding hydrogens is 1040 g/mol. The van der Waals surface area contributed by atoms with Crippen LogP contribution in [0.1, 0.15) is 265 Å². The van der Waals surface area contributed by atoms with E-state index in [1.165, 1.54) is 96.3 Å². The molecule has 3 N–H and O–H groups in total. The average molecular weight is 1160 g/mol. The van der Waals surface area contributed by atoms with Crippen molar-refractivity contribution >= 4 is 23.9 Å². The number of unbranched alkanes of at least 4 members (excludes halogenated alkanes) is 23. The molecule has 12 nitrogen and oxygen atoms in total. The number of hydrogen-bond acceptors (Lipinski definition) is 11. The first-order valence-corrected chi connectivity index (χ1v) is 32.9. The number of hydrogen-bond donors (Lipinski definition) is 3. The van der Waals surface area contributed by atoms with E-state index in [1.807, 2.05) is 18.2 Å². The van der Waals surface area contributed by atoms with Crippen LogP contribution in [0.5, 0.6) is 0 Å². The van der Waals surface area contributed by atoms with E-state index in [1.54, 1.807) is 0 Å². The molecule has 1 saturated heterocycles. The summed E-state index contributed by atoms with van der Waals surface area (Å²) in [6.45, 7) is 5.83. The van der Waals surface area contributed by atoms with Crippen molar-refractivity contribution in [1.29, 1.82) is 0 Å². The molecule has 0 aromatic carbocycles. The first-order valence-electron chi connectivity index (χ1n) is 32.9. The smallest absolute Gasteiger partial charge is 0.335 e. The highest BCUT2D eigenvalue weighted by atomic mass is 16.7. The van der Waals surface area contributed by atoms with Crippen LogP contribution in [-0.2, 0) is 42.9 Å². The third kappa shape index (κ3) is 47.3. The van der Waals surface area contributed by atoms with Crippen LogP contribution >= 0.6 is 0 Å². The number of aliphatic hydroxyl groups excluding tert-OH is 2. The minimum Gasteiger partial charge on any atom is -0.479 e. The predicted molar refractivity (Wildman–Crippen MR) is 340 cm³/mol. The Bertz CT molecular complexity index is 1860. The molecule has 6 unspecified atom stereocenters. The molecule has 0 bridgehead atoms. The molecule has 83 heavy (non-hydrogen) atoms. The summed E-state index contributed by atoms with van der Waals surface area (Å²) in [5.41, 5.74) is 0. The van der Waals surface area contributed by atoms with Gasteiger partial charge in [0.15, 0.2) is 24.6 Å². The van der Waals surface area contributed by atoms with Gasteiger partial charge in [-0.1, -0.05) is 259 Å². The molecule has 0 aromatic rings. The monoisotopic (exact) mass is 1160 g/mol. The van der Waals surface area contributed by atoms with Gasteiger partial charge in [-0.15, -0.1) is 0 Å². The van der Waals surface area contributed by atoms with Gasteiger partial charge in [-0.2, -0.15) is 0 Å². The van der Waals surface area contributed by atoms with Crippen molar-refractivity contribution in [2.24, 2.45) is 0 Å². The van der Waals surface area contributed by atoms with E-state index in [0.29, 0.717) is 25.7 Å². The number of carbonyl (C=O) groups excluding carboxylic acids is 3. The maximum absolute atomic E-state index is 13.2. The molecule has 0 saturated carbocycles. The van der Waals surface area contributed by atoms with Crippen LogP contribution < -0.4 is 0 Å². The zero-order valence-electron chi connectivity index (χ0n) is 52.2. The normalized spacial score (nSPS) is 18.3. The van der Waals surface area contributed by atoms with Crippen LogP contribution in [0.2, 0.25) is 0 Å². The summed E-state index contributed by atoms with van der Waals surface area (Å²) in [7, 11) is 0. The van der Waals surface area contributed by atoms with Gasteiger partial charge in [0.25, 0.3) is 0 Å². The third-order valence-electron chi connectivity index (χ3n) is 14.3. The van der Waals surface area contributed by atoms with Gasteiger partial charge in [0.2, 0.25) is 0 Å². The molecule has 1 rings (SSSR count). The summed E-state index contributed by atoms with van der Waals surface area (Å²) in [6, 6.07) is 0.